The number of ether oxygens (including phenoxy) is 4. The van der Waals surface area contributed by atoms with E-state index in [-0.39, 0.29) is 25.2 Å². The van der Waals surface area contributed by atoms with Crippen LogP contribution in [0.4, 0.5) is 0 Å². The number of aliphatic hydroxyl groups excluding tert-OH is 2. The Hall–Kier alpha value is -2.70. The molecule has 0 aliphatic carbocycles. The number of rotatable bonds is 7. The molecule has 6 heteroatoms. The number of methoxy groups -OCH3 is 3. The van der Waals surface area contributed by atoms with Gasteiger partial charge in [-0.05, 0) is 35.4 Å². The van der Waals surface area contributed by atoms with E-state index in [1.54, 1.807) is 33.5 Å². The minimum Gasteiger partial charge on any atom is -0.493 e. The van der Waals surface area contributed by atoms with Crippen molar-refractivity contribution in [1.29, 1.82) is 0 Å². The molecule has 144 valence electrons. The molecule has 3 rings (SSSR count). The number of hydrogen-bond acceptors (Lipinski definition) is 6. The SMILES string of the molecule is COc1ccc([C@H]2Oc3c(OC)cc(C=CCO)cc3[C@@H]2CO)cc1OC. The Morgan fingerprint density at radius 1 is 0.963 bits per heavy atom. The zero-order chi connectivity index (χ0) is 19.4. The summed E-state index contributed by atoms with van der Waals surface area (Å²) in [5.74, 6) is 2.19. The zero-order valence-electron chi connectivity index (χ0n) is 15.6. The number of hydrogen-bond donors (Lipinski definition) is 2. The predicted molar refractivity (Wildman–Crippen MR) is 102 cm³/mol. The summed E-state index contributed by atoms with van der Waals surface area (Å²) < 4.78 is 22.4. The van der Waals surface area contributed by atoms with Gasteiger partial charge in [-0.3, -0.25) is 0 Å². The van der Waals surface area contributed by atoms with Gasteiger partial charge >= 0.3 is 0 Å². The van der Waals surface area contributed by atoms with Gasteiger partial charge in [0.05, 0.1) is 40.5 Å². The van der Waals surface area contributed by atoms with Gasteiger partial charge in [0.15, 0.2) is 23.0 Å². The first kappa shape index (κ1) is 19.1. The molecule has 1 aliphatic rings. The number of aliphatic hydroxyl groups is 2. The second-order valence-corrected chi connectivity index (χ2v) is 6.17. The molecule has 2 aromatic rings. The topological polar surface area (TPSA) is 77.4 Å². The molecule has 0 radical (unpaired) electrons. The van der Waals surface area contributed by atoms with Crippen molar-refractivity contribution in [2.75, 3.05) is 34.5 Å². The first-order valence-corrected chi connectivity index (χ1v) is 8.65. The van der Waals surface area contributed by atoms with Crippen molar-refractivity contribution < 1.29 is 29.2 Å². The van der Waals surface area contributed by atoms with Crippen molar-refractivity contribution in [3.63, 3.8) is 0 Å². The highest BCUT2D eigenvalue weighted by molar-refractivity contribution is 5.62. The van der Waals surface area contributed by atoms with Gasteiger partial charge in [-0.25, -0.2) is 0 Å². The molecule has 0 saturated heterocycles. The Balaban J connectivity index is 2.03. The summed E-state index contributed by atoms with van der Waals surface area (Å²) in [6.45, 7) is -0.129. The van der Waals surface area contributed by atoms with Crippen LogP contribution in [0, 0.1) is 0 Å². The predicted octanol–water partition coefficient (Wildman–Crippen LogP) is 2.93. The van der Waals surface area contributed by atoms with Crippen molar-refractivity contribution in [1.82, 2.24) is 0 Å². The van der Waals surface area contributed by atoms with Crippen LogP contribution >= 0.6 is 0 Å². The zero-order valence-corrected chi connectivity index (χ0v) is 15.6. The van der Waals surface area contributed by atoms with Crippen LogP contribution in [-0.4, -0.2) is 44.8 Å². The van der Waals surface area contributed by atoms with Crippen LogP contribution in [-0.2, 0) is 0 Å². The summed E-state index contributed by atoms with van der Waals surface area (Å²) in [7, 11) is 4.75. The van der Waals surface area contributed by atoms with Gasteiger partial charge < -0.3 is 29.2 Å². The van der Waals surface area contributed by atoms with Gasteiger partial charge in [0.25, 0.3) is 0 Å². The van der Waals surface area contributed by atoms with E-state index in [4.69, 9.17) is 24.1 Å². The molecular weight excluding hydrogens is 348 g/mol. The lowest BCUT2D eigenvalue weighted by Gasteiger charge is -2.19. The fraction of sp³-hybridized carbons (Fsp3) is 0.333. The summed E-state index contributed by atoms with van der Waals surface area (Å²) in [5, 5.41) is 19.1. The Morgan fingerprint density at radius 3 is 2.33 bits per heavy atom. The molecule has 2 aromatic carbocycles. The maximum Gasteiger partial charge on any atom is 0.165 e. The van der Waals surface area contributed by atoms with Gasteiger partial charge in [0.2, 0.25) is 0 Å². The van der Waals surface area contributed by atoms with Crippen LogP contribution in [0.25, 0.3) is 6.08 Å². The fourth-order valence-corrected chi connectivity index (χ4v) is 3.38. The van der Waals surface area contributed by atoms with E-state index in [9.17, 15) is 5.11 Å². The molecule has 0 bridgehead atoms. The lowest BCUT2D eigenvalue weighted by atomic mass is 9.90. The summed E-state index contributed by atoms with van der Waals surface area (Å²) in [6.07, 6.45) is 3.08. The van der Waals surface area contributed by atoms with E-state index in [0.717, 1.165) is 16.7 Å². The van der Waals surface area contributed by atoms with E-state index in [1.807, 2.05) is 30.3 Å². The second-order valence-electron chi connectivity index (χ2n) is 6.17. The fourth-order valence-electron chi connectivity index (χ4n) is 3.38. The Kier molecular flexibility index (Phi) is 5.88. The normalized spacial score (nSPS) is 18.3. The molecule has 0 spiro atoms. The van der Waals surface area contributed by atoms with Crippen LogP contribution < -0.4 is 18.9 Å². The number of benzene rings is 2. The molecule has 1 aliphatic heterocycles. The maximum atomic E-state index is 10.1. The molecule has 0 fully saturated rings. The third-order valence-electron chi connectivity index (χ3n) is 4.68. The Morgan fingerprint density at radius 2 is 1.70 bits per heavy atom. The smallest absolute Gasteiger partial charge is 0.165 e. The van der Waals surface area contributed by atoms with Crippen molar-refractivity contribution in [2.45, 2.75) is 12.0 Å². The van der Waals surface area contributed by atoms with E-state index in [0.29, 0.717) is 23.0 Å². The van der Waals surface area contributed by atoms with Crippen molar-refractivity contribution in [2.24, 2.45) is 0 Å². The van der Waals surface area contributed by atoms with Gasteiger partial charge in [0.1, 0.15) is 6.10 Å². The van der Waals surface area contributed by atoms with E-state index < -0.39 is 0 Å². The van der Waals surface area contributed by atoms with Crippen LogP contribution in [0.1, 0.15) is 28.7 Å². The van der Waals surface area contributed by atoms with E-state index in [1.165, 1.54) is 0 Å². The standard InChI is InChI=1S/C21H24O6/c1-24-17-7-6-14(11-18(17)25-2)20-16(12-23)15-9-13(5-4-8-22)10-19(26-3)21(15)27-20/h4-7,9-11,16,20,22-23H,8,12H2,1-3H3/t16-,20+/m0/s1. The molecule has 0 amide bonds. The lowest BCUT2D eigenvalue weighted by Crippen LogP contribution is -2.13. The minimum absolute atomic E-state index is 0.0480. The van der Waals surface area contributed by atoms with Gasteiger partial charge in [0, 0.05) is 5.56 Å². The van der Waals surface area contributed by atoms with Crippen molar-refractivity contribution in [3.8, 4) is 23.0 Å². The van der Waals surface area contributed by atoms with Gasteiger partial charge in [-0.15, -0.1) is 0 Å². The molecule has 27 heavy (non-hydrogen) atoms. The average molecular weight is 372 g/mol. The second kappa shape index (κ2) is 8.33. The summed E-state index contributed by atoms with van der Waals surface area (Å²) in [6, 6.07) is 9.38. The van der Waals surface area contributed by atoms with Crippen molar-refractivity contribution >= 4 is 6.08 Å². The molecule has 1 heterocycles. The quantitative estimate of drug-likeness (QED) is 0.778. The van der Waals surface area contributed by atoms with Crippen LogP contribution in [0.5, 0.6) is 23.0 Å². The maximum absolute atomic E-state index is 10.1. The van der Waals surface area contributed by atoms with Gasteiger partial charge in [-0.1, -0.05) is 18.2 Å². The highest BCUT2D eigenvalue weighted by atomic mass is 16.5. The first-order chi connectivity index (χ1) is 13.2. The molecule has 0 unspecified atom stereocenters. The summed E-state index contributed by atoms with van der Waals surface area (Å²) >= 11 is 0. The molecular formula is C21H24O6. The summed E-state index contributed by atoms with van der Waals surface area (Å²) in [4.78, 5) is 0. The molecule has 0 aromatic heterocycles. The highest BCUT2D eigenvalue weighted by Gasteiger charge is 2.37. The summed E-state index contributed by atoms with van der Waals surface area (Å²) in [5.41, 5.74) is 2.61. The molecule has 6 nitrogen and oxygen atoms in total. The van der Waals surface area contributed by atoms with Crippen molar-refractivity contribution in [3.05, 3.63) is 53.1 Å². The van der Waals surface area contributed by atoms with Gasteiger partial charge in [-0.2, -0.15) is 0 Å². The van der Waals surface area contributed by atoms with Crippen LogP contribution in [0.3, 0.4) is 0 Å². The molecule has 2 N–H and O–H groups in total. The number of fused-ring (bicyclic) bond motifs is 1. The van der Waals surface area contributed by atoms with Crippen LogP contribution in [0.15, 0.2) is 36.4 Å². The van der Waals surface area contributed by atoms with E-state index in [2.05, 4.69) is 0 Å². The Labute approximate surface area is 158 Å². The first-order valence-electron chi connectivity index (χ1n) is 8.65. The third-order valence-corrected chi connectivity index (χ3v) is 4.68. The average Bonchev–Trinajstić information content (AvgIpc) is 3.09. The lowest BCUT2D eigenvalue weighted by molar-refractivity contribution is 0.156. The Bertz CT molecular complexity index is 830. The largest absolute Gasteiger partial charge is 0.493 e. The molecule has 0 saturated carbocycles. The van der Waals surface area contributed by atoms with E-state index >= 15 is 0 Å². The third kappa shape index (κ3) is 3.59. The minimum atomic E-state index is -0.379. The molecule has 2 atom stereocenters. The monoisotopic (exact) mass is 372 g/mol. The van der Waals surface area contributed by atoms with Crippen LogP contribution in [0.2, 0.25) is 0 Å². The highest BCUT2D eigenvalue weighted by Crippen LogP contribution is 2.51.